The number of carbonyl (C=O) groups excluding carboxylic acids is 1. The van der Waals surface area contributed by atoms with E-state index in [2.05, 4.69) is 5.16 Å². The standard InChI is InChI=1S/C23H25F2N3O2/c1-27(2)19-9-6-15(7-10-19)22-12-20(30-26-22)14-28(23(29)16-3-4-16)13-17-5-8-18(24)11-21(17)25/h5-11,16,20H,3-4,12-14H2,1-2H3/t20-/m0/s1. The fourth-order valence-electron chi connectivity index (χ4n) is 3.57. The number of anilines is 1. The summed E-state index contributed by atoms with van der Waals surface area (Å²) in [5.74, 6) is -1.29. The highest BCUT2D eigenvalue weighted by Crippen LogP contribution is 2.32. The average Bonchev–Trinajstić information content (AvgIpc) is 3.47. The quantitative estimate of drug-likeness (QED) is 0.690. The number of amides is 1. The normalized spacial score (nSPS) is 18.0. The zero-order valence-electron chi connectivity index (χ0n) is 17.1. The third kappa shape index (κ3) is 4.61. The van der Waals surface area contributed by atoms with Crippen molar-refractivity contribution < 1.29 is 18.4 Å². The molecular weight excluding hydrogens is 388 g/mol. The van der Waals surface area contributed by atoms with Gasteiger partial charge in [-0.05, 0) is 36.6 Å². The number of carbonyl (C=O) groups is 1. The SMILES string of the molecule is CN(C)c1ccc(C2=NO[C@H](CN(Cc3ccc(F)cc3F)C(=O)C3CC3)C2)cc1. The summed E-state index contributed by atoms with van der Waals surface area (Å²) in [5, 5.41) is 4.21. The van der Waals surface area contributed by atoms with Crippen molar-refractivity contribution in [2.75, 3.05) is 25.5 Å². The van der Waals surface area contributed by atoms with Crippen LogP contribution in [0.3, 0.4) is 0 Å². The summed E-state index contributed by atoms with van der Waals surface area (Å²) in [6, 6.07) is 11.5. The minimum Gasteiger partial charge on any atom is -0.390 e. The molecule has 0 unspecified atom stereocenters. The average molecular weight is 413 g/mol. The Morgan fingerprint density at radius 2 is 1.87 bits per heavy atom. The van der Waals surface area contributed by atoms with E-state index in [1.807, 2.05) is 43.3 Å². The monoisotopic (exact) mass is 413 g/mol. The van der Waals surface area contributed by atoms with Crippen molar-refractivity contribution in [2.24, 2.45) is 11.1 Å². The van der Waals surface area contributed by atoms with E-state index in [1.54, 1.807) is 4.90 Å². The maximum absolute atomic E-state index is 14.1. The van der Waals surface area contributed by atoms with Gasteiger partial charge in [0.2, 0.25) is 5.91 Å². The van der Waals surface area contributed by atoms with Crippen molar-refractivity contribution in [2.45, 2.75) is 31.9 Å². The Morgan fingerprint density at radius 3 is 2.50 bits per heavy atom. The summed E-state index contributed by atoms with van der Waals surface area (Å²) in [7, 11) is 3.97. The number of nitrogens with zero attached hydrogens (tertiary/aromatic N) is 3. The van der Waals surface area contributed by atoms with Crippen molar-refractivity contribution >= 4 is 17.3 Å². The van der Waals surface area contributed by atoms with Gasteiger partial charge in [-0.15, -0.1) is 0 Å². The molecule has 2 aromatic rings. The number of halogens is 2. The van der Waals surface area contributed by atoms with Gasteiger partial charge in [0.05, 0.1) is 12.3 Å². The van der Waals surface area contributed by atoms with Gasteiger partial charge in [-0.25, -0.2) is 8.78 Å². The first kappa shape index (κ1) is 20.3. The minimum absolute atomic E-state index is 0.00567. The molecule has 0 radical (unpaired) electrons. The van der Waals surface area contributed by atoms with Gasteiger partial charge in [0.15, 0.2) is 6.10 Å². The van der Waals surface area contributed by atoms with Gasteiger partial charge in [-0.1, -0.05) is 23.4 Å². The molecule has 2 aromatic carbocycles. The van der Waals surface area contributed by atoms with Gasteiger partial charge in [-0.3, -0.25) is 4.79 Å². The Kier molecular flexibility index (Phi) is 5.70. The maximum atomic E-state index is 14.1. The lowest BCUT2D eigenvalue weighted by molar-refractivity contribution is -0.135. The summed E-state index contributed by atoms with van der Waals surface area (Å²) in [4.78, 5) is 22.0. The summed E-state index contributed by atoms with van der Waals surface area (Å²) in [6.07, 6.45) is 1.99. The lowest BCUT2D eigenvalue weighted by atomic mass is 10.0. The van der Waals surface area contributed by atoms with Crippen LogP contribution in [0.25, 0.3) is 0 Å². The molecule has 1 atom stereocenters. The third-order valence-corrected chi connectivity index (χ3v) is 5.49. The molecule has 5 nitrogen and oxygen atoms in total. The molecule has 1 heterocycles. The van der Waals surface area contributed by atoms with E-state index < -0.39 is 11.6 Å². The number of rotatable bonds is 7. The van der Waals surface area contributed by atoms with E-state index in [0.717, 1.165) is 35.9 Å². The number of oxime groups is 1. The highest BCUT2D eigenvalue weighted by Gasteiger charge is 2.36. The van der Waals surface area contributed by atoms with E-state index in [-0.39, 0.29) is 24.5 Å². The zero-order valence-corrected chi connectivity index (χ0v) is 17.1. The van der Waals surface area contributed by atoms with Gasteiger partial charge in [0.25, 0.3) is 0 Å². The highest BCUT2D eigenvalue weighted by atomic mass is 19.1. The molecule has 1 aliphatic carbocycles. The van der Waals surface area contributed by atoms with Gasteiger partial charge < -0.3 is 14.6 Å². The van der Waals surface area contributed by atoms with Crippen LogP contribution >= 0.6 is 0 Å². The maximum Gasteiger partial charge on any atom is 0.226 e. The van der Waals surface area contributed by atoms with Gasteiger partial charge in [0.1, 0.15) is 11.6 Å². The molecule has 4 rings (SSSR count). The van der Waals surface area contributed by atoms with Crippen LogP contribution in [0, 0.1) is 17.6 Å². The lowest BCUT2D eigenvalue weighted by Gasteiger charge is -2.25. The molecule has 30 heavy (non-hydrogen) atoms. The van der Waals surface area contributed by atoms with Crippen molar-refractivity contribution in [1.82, 2.24) is 4.90 Å². The Morgan fingerprint density at radius 1 is 1.13 bits per heavy atom. The number of benzene rings is 2. The molecule has 7 heteroatoms. The highest BCUT2D eigenvalue weighted by molar-refractivity contribution is 6.01. The molecule has 2 aliphatic rings. The largest absolute Gasteiger partial charge is 0.390 e. The van der Waals surface area contributed by atoms with Crippen LogP contribution in [-0.2, 0) is 16.2 Å². The molecule has 1 fully saturated rings. The Balaban J connectivity index is 1.43. The summed E-state index contributed by atoms with van der Waals surface area (Å²) in [5.41, 5.74) is 3.20. The van der Waals surface area contributed by atoms with E-state index in [9.17, 15) is 13.6 Å². The molecule has 1 amide bonds. The molecule has 0 spiro atoms. The third-order valence-electron chi connectivity index (χ3n) is 5.49. The van der Waals surface area contributed by atoms with E-state index in [4.69, 9.17) is 4.84 Å². The van der Waals surface area contributed by atoms with Crippen LogP contribution in [0.1, 0.15) is 30.4 Å². The summed E-state index contributed by atoms with van der Waals surface area (Å²) in [6.45, 7) is 0.406. The topological polar surface area (TPSA) is 45.1 Å². The first-order valence-electron chi connectivity index (χ1n) is 10.1. The Labute approximate surface area is 174 Å². The molecular formula is C23H25F2N3O2. The minimum atomic E-state index is -0.645. The predicted octanol–water partition coefficient (Wildman–Crippen LogP) is 3.96. The molecule has 0 saturated heterocycles. The lowest BCUT2D eigenvalue weighted by Crippen LogP contribution is -2.38. The fourth-order valence-corrected chi connectivity index (χ4v) is 3.57. The van der Waals surface area contributed by atoms with Gasteiger partial charge in [-0.2, -0.15) is 0 Å². The first-order chi connectivity index (χ1) is 14.4. The van der Waals surface area contributed by atoms with E-state index >= 15 is 0 Å². The predicted molar refractivity (Wildman–Crippen MR) is 111 cm³/mol. The summed E-state index contributed by atoms with van der Waals surface area (Å²) < 4.78 is 27.4. The van der Waals surface area contributed by atoms with Crippen LogP contribution in [0.4, 0.5) is 14.5 Å². The van der Waals surface area contributed by atoms with Crippen LogP contribution in [0.5, 0.6) is 0 Å². The van der Waals surface area contributed by atoms with E-state index in [1.165, 1.54) is 12.1 Å². The van der Waals surface area contributed by atoms with Crippen molar-refractivity contribution in [1.29, 1.82) is 0 Å². The van der Waals surface area contributed by atoms with Crippen LogP contribution in [-0.4, -0.2) is 43.3 Å². The Hall–Kier alpha value is -2.96. The molecule has 158 valence electrons. The molecule has 0 aromatic heterocycles. The van der Waals surface area contributed by atoms with Crippen LogP contribution < -0.4 is 4.90 Å². The summed E-state index contributed by atoms with van der Waals surface area (Å²) >= 11 is 0. The zero-order chi connectivity index (χ0) is 21.3. The number of hydrogen-bond acceptors (Lipinski definition) is 4. The Bertz CT molecular complexity index is 955. The molecule has 0 bridgehead atoms. The van der Waals surface area contributed by atoms with Crippen LogP contribution in [0.15, 0.2) is 47.6 Å². The van der Waals surface area contributed by atoms with Crippen molar-refractivity contribution in [3.63, 3.8) is 0 Å². The van der Waals surface area contributed by atoms with Crippen LogP contribution in [0.2, 0.25) is 0 Å². The smallest absolute Gasteiger partial charge is 0.226 e. The molecule has 0 N–H and O–H groups in total. The van der Waals surface area contributed by atoms with Crippen molar-refractivity contribution in [3.8, 4) is 0 Å². The molecule has 1 aliphatic heterocycles. The second-order valence-electron chi connectivity index (χ2n) is 8.14. The first-order valence-corrected chi connectivity index (χ1v) is 10.1. The number of hydrogen-bond donors (Lipinski definition) is 0. The van der Waals surface area contributed by atoms with Crippen molar-refractivity contribution in [3.05, 3.63) is 65.2 Å². The van der Waals surface area contributed by atoms with Gasteiger partial charge >= 0.3 is 0 Å². The second kappa shape index (κ2) is 8.42. The second-order valence-corrected chi connectivity index (χ2v) is 8.14. The van der Waals surface area contributed by atoms with Gasteiger partial charge in [0, 0.05) is 50.3 Å². The fraction of sp³-hybridized carbons (Fsp3) is 0.391. The van der Waals surface area contributed by atoms with E-state index in [0.29, 0.717) is 18.5 Å². The molecule has 1 saturated carbocycles.